The lowest BCUT2D eigenvalue weighted by atomic mass is 10.1. The maximum Gasteiger partial charge on any atom is 0.289 e. The van der Waals surface area contributed by atoms with Crippen molar-refractivity contribution in [1.82, 2.24) is 15.1 Å². The maximum atomic E-state index is 12.9. The van der Waals surface area contributed by atoms with Crippen LogP contribution in [-0.4, -0.2) is 70.4 Å². The molecule has 3 aliphatic rings. The third kappa shape index (κ3) is 3.01. The fourth-order valence-electron chi connectivity index (χ4n) is 4.24. The summed E-state index contributed by atoms with van der Waals surface area (Å²) >= 11 is 0. The van der Waals surface area contributed by atoms with Crippen molar-refractivity contribution in [3.05, 3.63) is 23.2 Å². The minimum absolute atomic E-state index is 0.0732. The topological polar surface area (TPSA) is 103 Å². The molecule has 4 heterocycles. The molecule has 0 unspecified atom stereocenters. The van der Waals surface area contributed by atoms with Gasteiger partial charge >= 0.3 is 0 Å². The second-order valence-electron chi connectivity index (χ2n) is 7.99. The molecule has 8 nitrogen and oxygen atoms in total. The summed E-state index contributed by atoms with van der Waals surface area (Å²) in [6.07, 6.45) is 1.11. The lowest BCUT2D eigenvalue weighted by molar-refractivity contribution is -0.144. The highest BCUT2D eigenvalue weighted by atomic mass is 16.4. The number of aryl methyl sites for hydroxylation is 1. The van der Waals surface area contributed by atoms with E-state index < -0.39 is 6.10 Å². The second-order valence-corrected chi connectivity index (χ2v) is 7.99. The molecule has 146 valence electrons. The van der Waals surface area contributed by atoms with Crippen molar-refractivity contribution in [2.45, 2.75) is 51.3 Å². The number of carbonyl (C=O) groups is 3. The fraction of sp³-hybridized carbons (Fsp3) is 0.632. The number of fused-ring (bicyclic) bond motifs is 3. The normalized spacial score (nSPS) is 25.4. The number of aliphatic hydroxyl groups is 1. The van der Waals surface area contributed by atoms with Gasteiger partial charge in [0.05, 0.1) is 17.6 Å². The molecule has 1 aromatic rings. The molecule has 3 atom stereocenters. The molecule has 3 aliphatic heterocycles. The highest BCUT2D eigenvalue weighted by molar-refractivity contribution is 6.00. The quantitative estimate of drug-likeness (QED) is 0.796. The zero-order chi connectivity index (χ0) is 19.3. The molecule has 27 heavy (non-hydrogen) atoms. The Bertz CT molecular complexity index is 786. The van der Waals surface area contributed by atoms with Gasteiger partial charge in [-0.15, -0.1) is 0 Å². The Hall–Kier alpha value is -2.35. The number of likely N-dealkylation sites (tertiary alicyclic amines) is 2. The smallest absolute Gasteiger partial charge is 0.289 e. The SMILES string of the molecule is CC(C)[C@@H](O)C(=O)N1C[C@@H]2C[C@H]1CN2C(=O)c1cc2c(o1)CCCNC2=O. The summed E-state index contributed by atoms with van der Waals surface area (Å²) in [4.78, 5) is 40.8. The van der Waals surface area contributed by atoms with E-state index >= 15 is 0 Å². The first-order chi connectivity index (χ1) is 12.9. The molecule has 0 saturated carbocycles. The molecule has 1 aromatic heterocycles. The van der Waals surface area contributed by atoms with Crippen molar-refractivity contribution in [3.63, 3.8) is 0 Å². The van der Waals surface area contributed by atoms with Crippen LogP contribution in [-0.2, 0) is 11.2 Å². The Labute approximate surface area is 157 Å². The van der Waals surface area contributed by atoms with Gasteiger partial charge in [-0.1, -0.05) is 13.8 Å². The first-order valence-corrected chi connectivity index (χ1v) is 9.57. The highest BCUT2D eigenvalue weighted by Gasteiger charge is 2.49. The van der Waals surface area contributed by atoms with Gasteiger partial charge in [-0.25, -0.2) is 0 Å². The maximum absolute atomic E-state index is 12.9. The largest absolute Gasteiger partial charge is 0.455 e. The van der Waals surface area contributed by atoms with Crippen molar-refractivity contribution in [3.8, 4) is 0 Å². The number of hydrogen-bond acceptors (Lipinski definition) is 5. The number of carbonyl (C=O) groups excluding carboxylic acids is 3. The van der Waals surface area contributed by atoms with Gasteiger partial charge in [-0.05, 0) is 18.8 Å². The van der Waals surface area contributed by atoms with Crippen molar-refractivity contribution >= 4 is 17.7 Å². The van der Waals surface area contributed by atoms with Gasteiger partial charge in [0.2, 0.25) is 0 Å². The first kappa shape index (κ1) is 18.0. The van der Waals surface area contributed by atoms with Gasteiger partial charge in [-0.2, -0.15) is 0 Å². The molecule has 0 aromatic carbocycles. The number of nitrogens with one attached hydrogen (secondary N) is 1. The number of amides is 3. The van der Waals surface area contributed by atoms with Crippen molar-refractivity contribution in [2.75, 3.05) is 19.6 Å². The third-order valence-corrected chi connectivity index (χ3v) is 5.80. The minimum Gasteiger partial charge on any atom is -0.455 e. The van der Waals surface area contributed by atoms with Crippen LogP contribution in [0.4, 0.5) is 0 Å². The van der Waals surface area contributed by atoms with E-state index in [1.807, 2.05) is 13.8 Å². The zero-order valence-corrected chi connectivity index (χ0v) is 15.6. The average Bonchev–Trinajstić information content (AvgIpc) is 3.34. The Morgan fingerprint density at radius 3 is 2.63 bits per heavy atom. The standard InChI is InChI=1S/C19H25N3O5/c1-10(2)16(23)19(26)22-9-11-6-12(22)8-21(11)18(25)15-7-13-14(27-15)4-3-5-20-17(13)24/h7,10-12,16,23H,3-6,8-9H2,1-2H3,(H,20,24)/t11-,12-,16+/m0/s1. The lowest BCUT2D eigenvalue weighted by Gasteiger charge is -2.35. The number of rotatable bonds is 3. The number of nitrogens with zero attached hydrogens (tertiary/aromatic N) is 2. The van der Waals surface area contributed by atoms with Crippen LogP contribution in [0.5, 0.6) is 0 Å². The molecular formula is C19H25N3O5. The van der Waals surface area contributed by atoms with Gasteiger partial charge in [0.15, 0.2) is 5.76 Å². The first-order valence-electron chi connectivity index (χ1n) is 9.57. The van der Waals surface area contributed by atoms with Gasteiger partial charge in [-0.3, -0.25) is 14.4 Å². The van der Waals surface area contributed by atoms with E-state index in [4.69, 9.17) is 4.42 Å². The second kappa shape index (κ2) is 6.67. The summed E-state index contributed by atoms with van der Waals surface area (Å²) < 4.78 is 5.71. The molecule has 8 heteroatoms. The van der Waals surface area contributed by atoms with E-state index in [0.29, 0.717) is 43.8 Å². The Morgan fingerprint density at radius 1 is 1.26 bits per heavy atom. The Morgan fingerprint density at radius 2 is 1.96 bits per heavy atom. The van der Waals surface area contributed by atoms with Crippen molar-refractivity contribution in [1.29, 1.82) is 0 Å². The van der Waals surface area contributed by atoms with E-state index in [1.54, 1.807) is 9.80 Å². The number of piperazine rings is 1. The van der Waals surface area contributed by atoms with Crippen LogP contribution in [0.3, 0.4) is 0 Å². The molecule has 2 fully saturated rings. The average molecular weight is 375 g/mol. The van der Waals surface area contributed by atoms with E-state index in [-0.39, 0.29) is 41.5 Å². The van der Waals surface area contributed by atoms with Crippen LogP contribution >= 0.6 is 0 Å². The van der Waals surface area contributed by atoms with Crippen molar-refractivity contribution in [2.24, 2.45) is 5.92 Å². The highest BCUT2D eigenvalue weighted by Crippen LogP contribution is 2.33. The summed E-state index contributed by atoms with van der Waals surface area (Å²) in [5, 5.41) is 12.8. The number of hydrogen-bond donors (Lipinski definition) is 2. The molecule has 2 saturated heterocycles. The molecule has 4 rings (SSSR count). The molecule has 3 amide bonds. The number of furan rings is 1. The summed E-state index contributed by atoms with van der Waals surface area (Å²) in [6, 6.07) is 1.39. The van der Waals surface area contributed by atoms with Crippen molar-refractivity contribution < 1.29 is 23.9 Å². The predicted molar refractivity (Wildman–Crippen MR) is 95.1 cm³/mol. The van der Waals surface area contributed by atoms with E-state index in [1.165, 1.54) is 6.07 Å². The molecule has 2 bridgehead atoms. The Balaban J connectivity index is 1.47. The summed E-state index contributed by atoms with van der Waals surface area (Å²) in [7, 11) is 0. The van der Waals surface area contributed by atoms with E-state index in [2.05, 4.69) is 5.32 Å². The summed E-state index contributed by atoms with van der Waals surface area (Å²) in [5.74, 6) is -0.0863. The Kier molecular flexibility index (Phi) is 4.46. The van der Waals surface area contributed by atoms with Crippen LogP contribution in [0, 0.1) is 5.92 Å². The van der Waals surface area contributed by atoms with Crippen LogP contribution in [0.1, 0.15) is 53.4 Å². The van der Waals surface area contributed by atoms with Crippen LogP contribution in [0.2, 0.25) is 0 Å². The molecule has 0 aliphatic carbocycles. The third-order valence-electron chi connectivity index (χ3n) is 5.80. The summed E-state index contributed by atoms with van der Waals surface area (Å²) in [6.45, 7) is 5.08. The van der Waals surface area contributed by atoms with E-state index in [0.717, 1.165) is 6.42 Å². The molecule has 2 N–H and O–H groups in total. The lowest BCUT2D eigenvalue weighted by Crippen LogP contribution is -2.53. The molecule has 0 spiro atoms. The molecular weight excluding hydrogens is 350 g/mol. The van der Waals surface area contributed by atoms with Crippen LogP contribution < -0.4 is 5.32 Å². The van der Waals surface area contributed by atoms with Gasteiger partial charge in [0, 0.05) is 32.1 Å². The monoisotopic (exact) mass is 375 g/mol. The van der Waals surface area contributed by atoms with Gasteiger partial charge in [0.25, 0.3) is 17.7 Å². The number of aliphatic hydroxyl groups excluding tert-OH is 1. The molecule has 0 radical (unpaired) electrons. The van der Waals surface area contributed by atoms with E-state index in [9.17, 15) is 19.5 Å². The zero-order valence-electron chi connectivity index (χ0n) is 15.6. The van der Waals surface area contributed by atoms with Crippen LogP contribution in [0.15, 0.2) is 10.5 Å². The fourth-order valence-corrected chi connectivity index (χ4v) is 4.24. The summed E-state index contributed by atoms with van der Waals surface area (Å²) in [5.41, 5.74) is 0.442. The van der Waals surface area contributed by atoms with Gasteiger partial charge in [0.1, 0.15) is 11.9 Å². The van der Waals surface area contributed by atoms with Crippen LogP contribution in [0.25, 0.3) is 0 Å². The minimum atomic E-state index is -1.01. The van der Waals surface area contributed by atoms with Gasteiger partial charge < -0.3 is 24.6 Å². The predicted octanol–water partition coefficient (Wildman–Crippen LogP) is 0.398.